The maximum atomic E-state index is 15.1. The fraction of sp³-hybridized carbons (Fsp3) is 0. The van der Waals surface area contributed by atoms with E-state index in [4.69, 9.17) is 0 Å². The van der Waals surface area contributed by atoms with E-state index in [1.807, 2.05) is 48.5 Å². The van der Waals surface area contributed by atoms with Crippen LogP contribution in [-0.4, -0.2) is 0 Å². The average Bonchev–Trinajstić information content (AvgIpc) is 2.64. The van der Waals surface area contributed by atoms with E-state index in [9.17, 15) is 0 Å². The lowest BCUT2D eigenvalue weighted by molar-refractivity contribution is 0.635. The van der Waals surface area contributed by atoms with E-state index in [2.05, 4.69) is 0 Å². The van der Waals surface area contributed by atoms with E-state index >= 15 is 8.78 Å². The third kappa shape index (κ3) is 1.77. The zero-order valence-electron chi connectivity index (χ0n) is 12.7. The fourth-order valence-electron chi connectivity index (χ4n) is 3.50. The molecule has 2 heteroatoms. The Morgan fingerprint density at radius 2 is 0.667 bits per heavy atom. The Morgan fingerprint density at radius 3 is 0.917 bits per heavy atom. The molecule has 0 spiro atoms. The van der Waals surface area contributed by atoms with Crippen LogP contribution in [0.4, 0.5) is 8.78 Å². The maximum absolute atomic E-state index is 15.1. The van der Waals surface area contributed by atoms with Crippen molar-refractivity contribution < 1.29 is 8.78 Å². The van der Waals surface area contributed by atoms with Crippen molar-refractivity contribution >= 4 is 43.1 Å². The second-order valence-corrected chi connectivity index (χ2v) is 6.12. The van der Waals surface area contributed by atoms with E-state index in [0.717, 1.165) is 21.5 Å². The summed E-state index contributed by atoms with van der Waals surface area (Å²) in [5.74, 6) is -0.726. The first-order valence-corrected chi connectivity index (χ1v) is 7.84. The predicted octanol–water partition coefficient (Wildman–Crippen LogP) is 6.58. The van der Waals surface area contributed by atoms with Gasteiger partial charge in [-0.1, -0.05) is 48.5 Å². The van der Waals surface area contributed by atoms with Gasteiger partial charge in [0.2, 0.25) is 0 Å². The molecular formula is C22H12F2. The summed E-state index contributed by atoms with van der Waals surface area (Å²) in [7, 11) is 0. The number of halogens is 2. The van der Waals surface area contributed by atoms with E-state index in [1.165, 1.54) is 0 Å². The Labute approximate surface area is 136 Å². The van der Waals surface area contributed by atoms with E-state index in [0.29, 0.717) is 21.5 Å². The van der Waals surface area contributed by atoms with Crippen LogP contribution in [0.2, 0.25) is 0 Å². The minimum atomic E-state index is -0.363. The van der Waals surface area contributed by atoms with Crippen LogP contribution in [0.5, 0.6) is 0 Å². The Balaban J connectivity index is 2.04. The number of rotatable bonds is 0. The van der Waals surface area contributed by atoms with Gasteiger partial charge in [-0.3, -0.25) is 0 Å². The summed E-state index contributed by atoms with van der Waals surface area (Å²) in [6.07, 6.45) is 0. The Kier molecular flexibility index (Phi) is 2.66. The van der Waals surface area contributed by atoms with Gasteiger partial charge >= 0.3 is 0 Å². The number of hydrogen-bond acceptors (Lipinski definition) is 0. The lowest BCUT2D eigenvalue weighted by atomic mass is 9.96. The van der Waals surface area contributed by atoms with Gasteiger partial charge in [0, 0.05) is 21.5 Å². The molecule has 0 amide bonds. The molecule has 0 fully saturated rings. The molecule has 5 aromatic carbocycles. The van der Waals surface area contributed by atoms with Crippen LogP contribution in [0.3, 0.4) is 0 Å². The first-order valence-electron chi connectivity index (χ1n) is 7.84. The highest BCUT2D eigenvalue weighted by atomic mass is 19.1. The van der Waals surface area contributed by atoms with E-state index < -0.39 is 0 Å². The predicted molar refractivity (Wildman–Crippen MR) is 96.4 cm³/mol. The first kappa shape index (κ1) is 13.4. The first-order chi connectivity index (χ1) is 11.7. The molecule has 0 unspecified atom stereocenters. The standard InChI is InChI=1S/C22H12F2/c23-21-17-9-13-5-1-2-6-14(13)10-18(17)22(24)20-12-16-8-4-3-7-15(16)11-19(20)21/h1-12H. The van der Waals surface area contributed by atoms with Gasteiger partial charge in [-0.15, -0.1) is 0 Å². The van der Waals surface area contributed by atoms with Crippen molar-refractivity contribution in [2.75, 3.05) is 0 Å². The molecule has 0 bridgehead atoms. The minimum absolute atomic E-state index is 0.328. The monoisotopic (exact) mass is 314 g/mol. The van der Waals surface area contributed by atoms with Crippen molar-refractivity contribution in [3.05, 3.63) is 84.4 Å². The molecule has 0 aliphatic rings. The zero-order valence-corrected chi connectivity index (χ0v) is 12.7. The van der Waals surface area contributed by atoms with Crippen LogP contribution < -0.4 is 0 Å². The molecule has 0 saturated carbocycles. The van der Waals surface area contributed by atoms with E-state index in [-0.39, 0.29) is 11.6 Å². The van der Waals surface area contributed by atoms with Gasteiger partial charge in [-0.2, -0.15) is 0 Å². The normalized spacial score (nSPS) is 11.8. The van der Waals surface area contributed by atoms with Crippen molar-refractivity contribution in [3.63, 3.8) is 0 Å². The molecule has 0 nitrogen and oxygen atoms in total. The number of benzene rings is 5. The van der Waals surface area contributed by atoms with Crippen LogP contribution >= 0.6 is 0 Å². The Hall–Kier alpha value is -3.00. The quantitative estimate of drug-likeness (QED) is 0.283. The van der Waals surface area contributed by atoms with Gasteiger partial charge in [0.1, 0.15) is 11.6 Å². The zero-order chi connectivity index (χ0) is 16.3. The highest BCUT2D eigenvalue weighted by Crippen LogP contribution is 2.35. The molecule has 114 valence electrons. The molecule has 0 aromatic heterocycles. The largest absolute Gasteiger partial charge is 0.206 e. The highest BCUT2D eigenvalue weighted by molar-refractivity contribution is 6.09. The molecule has 0 heterocycles. The second kappa shape index (κ2) is 4.75. The van der Waals surface area contributed by atoms with Crippen molar-refractivity contribution in [2.45, 2.75) is 0 Å². The van der Waals surface area contributed by atoms with E-state index in [1.54, 1.807) is 24.3 Å². The van der Waals surface area contributed by atoms with Crippen molar-refractivity contribution in [2.24, 2.45) is 0 Å². The lowest BCUT2D eigenvalue weighted by Gasteiger charge is -2.10. The van der Waals surface area contributed by atoms with Crippen molar-refractivity contribution in [3.8, 4) is 0 Å². The van der Waals surface area contributed by atoms with Gasteiger partial charge in [0.05, 0.1) is 0 Å². The molecule has 5 aromatic rings. The van der Waals surface area contributed by atoms with Crippen LogP contribution in [0.15, 0.2) is 72.8 Å². The summed E-state index contributed by atoms with van der Waals surface area (Å²) in [5.41, 5.74) is 0. The summed E-state index contributed by atoms with van der Waals surface area (Å²) >= 11 is 0. The second-order valence-electron chi connectivity index (χ2n) is 6.12. The van der Waals surface area contributed by atoms with Gasteiger partial charge in [0.25, 0.3) is 0 Å². The SMILES string of the molecule is Fc1c2cc3ccccc3cc2c(F)c2cc3ccccc3cc12. The lowest BCUT2D eigenvalue weighted by Crippen LogP contribution is -1.91. The molecule has 0 aliphatic heterocycles. The van der Waals surface area contributed by atoms with Gasteiger partial charge < -0.3 is 0 Å². The molecule has 5 rings (SSSR count). The highest BCUT2D eigenvalue weighted by Gasteiger charge is 2.15. The topological polar surface area (TPSA) is 0 Å². The summed E-state index contributed by atoms with van der Waals surface area (Å²) in [6, 6.07) is 22.2. The molecule has 0 atom stereocenters. The Morgan fingerprint density at radius 1 is 0.417 bits per heavy atom. The molecule has 0 aliphatic carbocycles. The number of hydrogen-bond donors (Lipinski definition) is 0. The summed E-state index contributed by atoms with van der Waals surface area (Å²) in [4.78, 5) is 0. The van der Waals surface area contributed by atoms with Crippen molar-refractivity contribution in [1.82, 2.24) is 0 Å². The summed E-state index contributed by atoms with van der Waals surface area (Å²) in [5, 5.41) is 4.93. The molecule has 0 N–H and O–H groups in total. The van der Waals surface area contributed by atoms with Gasteiger partial charge in [0.15, 0.2) is 0 Å². The van der Waals surface area contributed by atoms with Gasteiger partial charge in [-0.05, 0) is 45.8 Å². The van der Waals surface area contributed by atoms with Gasteiger partial charge in [-0.25, -0.2) is 8.78 Å². The third-order valence-corrected chi connectivity index (χ3v) is 4.72. The molecule has 0 saturated heterocycles. The summed E-state index contributed by atoms with van der Waals surface area (Å²) in [6.45, 7) is 0. The maximum Gasteiger partial charge on any atom is 0.139 e. The van der Waals surface area contributed by atoms with Crippen LogP contribution in [0, 0.1) is 11.6 Å². The smallest absolute Gasteiger partial charge is 0.139 e. The fourth-order valence-corrected chi connectivity index (χ4v) is 3.50. The van der Waals surface area contributed by atoms with Crippen LogP contribution in [0.1, 0.15) is 0 Å². The average molecular weight is 314 g/mol. The molecule has 0 radical (unpaired) electrons. The molecular weight excluding hydrogens is 302 g/mol. The Bertz CT molecular complexity index is 1070. The van der Waals surface area contributed by atoms with Crippen molar-refractivity contribution in [1.29, 1.82) is 0 Å². The molecule has 24 heavy (non-hydrogen) atoms. The van der Waals surface area contributed by atoms with Crippen LogP contribution in [-0.2, 0) is 0 Å². The third-order valence-electron chi connectivity index (χ3n) is 4.72. The minimum Gasteiger partial charge on any atom is -0.206 e. The summed E-state index contributed by atoms with van der Waals surface area (Å²) < 4.78 is 30.3. The van der Waals surface area contributed by atoms with Crippen LogP contribution in [0.25, 0.3) is 43.1 Å². The number of fused-ring (bicyclic) bond motifs is 4.